The Morgan fingerprint density at radius 1 is 1.33 bits per heavy atom. The van der Waals surface area contributed by atoms with Crippen LogP contribution in [-0.2, 0) is 19.1 Å². The quantitative estimate of drug-likeness (QED) is 0.587. The van der Waals surface area contributed by atoms with Crippen molar-refractivity contribution in [1.82, 2.24) is 0 Å². The Labute approximate surface area is 71.8 Å². The summed E-state index contributed by atoms with van der Waals surface area (Å²) in [6.07, 6.45) is -0.162. The summed E-state index contributed by atoms with van der Waals surface area (Å²) in [6.45, 7) is 6.42. The van der Waals surface area contributed by atoms with E-state index in [9.17, 15) is 9.59 Å². The molecular formula is C8H13O4. The van der Waals surface area contributed by atoms with Crippen molar-refractivity contribution in [3.8, 4) is 0 Å². The summed E-state index contributed by atoms with van der Waals surface area (Å²) in [4.78, 5) is 21.3. The molecule has 0 atom stereocenters. The minimum atomic E-state index is -0.535. The molecular weight excluding hydrogens is 160 g/mol. The maximum absolute atomic E-state index is 10.8. The first-order valence-electron chi connectivity index (χ1n) is 3.70. The second-order valence-corrected chi connectivity index (χ2v) is 2.45. The van der Waals surface area contributed by atoms with Crippen molar-refractivity contribution in [2.45, 2.75) is 26.4 Å². The van der Waals surface area contributed by atoms with E-state index in [2.05, 4.69) is 11.7 Å². The second-order valence-electron chi connectivity index (χ2n) is 2.45. The highest BCUT2D eigenvalue weighted by atomic mass is 16.6. The molecule has 0 aliphatic rings. The minimum Gasteiger partial charge on any atom is -0.460 e. The molecule has 0 unspecified atom stereocenters. The van der Waals surface area contributed by atoms with E-state index < -0.39 is 11.9 Å². The molecule has 0 aliphatic heterocycles. The monoisotopic (exact) mass is 173 g/mol. The molecule has 0 heterocycles. The topological polar surface area (TPSA) is 52.6 Å². The fourth-order valence-corrected chi connectivity index (χ4v) is 0.509. The molecule has 69 valence electrons. The van der Waals surface area contributed by atoms with Gasteiger partial charge in [-0.15, -0.1) is 0 Å². The minimum absolute atomic E-state index is 0.0228. The van der Waals surface area contributed by atoms with Crippen molar-refractivity contribution < 1.29 is 19.1 Å². The molecule has 0 aromatic rings. The molecule has 4 nitrogen and oxygen atoms in total. The highest BCUT2D eigenvalue weighted by Gasteiger charge is 2.07. The molecule has 0 rings (SSSR count). The summed E-state index contributed by atoms with van der Waals surface area (Å²) in [5.74, 6) is -1.04. The van der Waals surface area contributed by atoms with Crippen molar-refractivity contribution in [3.63, 3.8) is 0 Å². The number of esters is 2. The van der Waals surface area contributed by atoms with E-state index in [0.29, 0.717) is 0 Å². The van der Waals surface area contributed by atoms with Crippen molar-refractivity contribution in [1.29, 1.82) is 0 Å². The molecule has 0 amide bonds. The number of rotatable bonds is 4. The van der Waals surface area contributed by atoms with Gasteiger partial charge in [-0.25, -0.2) is 4.79 Å². The molecule has 0 saturated carbocycles. The van der Waals surface area contributed by atoms with E-state index in [1.807, 2.05) is 0 Å². The third-order valence-corrected chi connectivity index (χ3v) is 0.922. The van der Waals surface area contributed by atoms with Gasteiger partial charge < -0.3 is 9.47 Å². The smallest absolute Gasteiger partial charge is 0.344 e. The highest BCUT2D eigenvalue weighted by molar-refractivity contribution is 5.76. The fraction of sp³-hybridized carbons (Fsp3) is 0.625. The summed E-state index contributed by atoms with van der Waals surface area (Å²) >= 11 is 0. The zero-order valence-corrected chi connectivity index (χ0v) is 7.33. The van der Waals surface area contributed by atoms with E-state index >= 15 is 0 Å². The van der Waals surface area contributed by atoms with E-state index in [1.54, 1.807) is 13.8 Å². The van der Waals surface area contributed by atoms with Gasteiger partial charge in [-0.05, 0) is 20.8 Å². The molecule has 0 bridgehead atoms. The molecule has 1 radical (unpaired) electrons. The van der Waals surface area contributed by atoms with Gasteiger partial charge in [0.05, 0.1) is 6.10 Å². The zero-order chi connectivity index (χ0) is 9.56. The van der Waals surface area contributed by atoms with E-state index in [-0.39, 0.29) is 19.1 Å². The predicted molar refractivity (Wildman–Crippen MR) is 42.2 cm³/mol. The van der Waals surface area contributed by atoms with Crippen LogP contribution in [0.1, 0.15) is 20.3 Å². The van der Waals surface area contributed by atoms with Gasteiger partial charge in [-0.1, -0.05) is 0 Å². The molecule has 0 aliphatic carbocycles. The Morgan fingerprint density at radius 2 is 1.92 bits per heavy atom. The largest absolute Gasteiger partial charge is 0.460 e. The lowest BCUT2D eigenvalue weighted by atomic mass is 10.5. The van der Waals surface area contributed by atoms with Gasteiger partial charge in [0.1, 0.15) is 0 Å². The van der Waals surface area contributed by atoms with Gasteiger partial charge in [0.15, 0.2) is 6.61 Å². The predicted octanol–water partition coefficient (Wildman–Crippen LogP) is 0.705. The van der Waals surface area contributed by atoms with Gasteiger partial charge in [-0.2, -0.15) is 0 Å². The summed E-state index contributed by atoms with van der Waals surface area (Å²) in [5, 5.41) is 0. The van der Waals surface area contributed by atoms with Crippen molar-refractivity contribution >= 4 is 11.9 Å². The lowest BCUT2D eigenvalue weighted by Crippen LogP contribution is -2.19. The third-order valence-electron chi connectivity index (χ3n) is 0.922. The Kier molecular flexibility index (Phi) is 5.08. The summed E-state index contributed by atoms with van der Waals surface area (Å²) in [7, 11) is 0. The molecule has 4 heteroatoms. The molecule has 0 fully saturated rings. The number of carbonyl (C=O) groups excluding carboxylic acids is 2. The highest BCUT2D eigenvalue weighted by Crippen LogP contribution is 1.91. The van der Waals surface area contributed by atoms with Crippen LogP contribution in [0.5, 0.6) is 0 Å². The second kappa shape index (κ2) is 5.57. The van der Waals surface area contributed by atoms with Crippen LogP contribution in [0, 0.1) is 6.92 Å². The van der Waals surface area contributed by atoms with Crippen LogP contribution >= 0.6 is 0 Å². The van der Waals surface area contributed by atoms with Crippen LogP contribution in [0.4, 0.5) is 0 Å². The van der Waals surface area contributed by atoms with Crippen LogP contribution in [0.15, 0.2) is 0 Å². The van der Waals surface area contributed by atoms with E-state index in [1.165, 1.54) is 0 Å². The summed E-state index contributed by atoms with van der Waals surface area (Å²) in [6, 6.07) is 0. The van der Waals surface area contributed by atoms with E-state index in [0.717, 1.165) is 0 Å². The summed E-state index contributed by atoms with van der Waals surface area (Å²) < 4.78 is 9.19. The van der Waals surface area contributed by atoms with Crippen LogP contribution in [0.25, 0.3) is 0 Å². The van der Waals surface area contributed by atoms with Crippen molar-refractivity contribution in [3.05, 3.63) is 6.92 Å². The van der Waals surface area contributed by atoms with Crippen molar-refractivity contribution in [2.75, 3.05) is 6.61 Å². The average molecular weight is 173 g/mol. The molecule has 12 heavy (non-hydrogen) atoms. The summed E-state index contributed by atoms with van der Waals surface area (Å²) in [5.41, 5.74) is 0. The maximum Gasteiger partial charge on any atom is 0.344 e. The molecule has 0 spiro atoms. The van der Waals surface area contributed by atoms with Gasteiger partial charge in [-0.3, -0.25) is 4.79 Å². The van der Waals surface area contributed by atoms with Gasteiger partial charge in [0, 0.05) is 6.42 Å². The Balaban J connectivity index is 3.51. The van der Waals surface area contributed by atoms with Crippen LogP contribution in [0.3, 0.4) is 0 Å². The number of hydrogen-bond donors (Lipinski definition) is 0. The third kappa shape index (κ3) is 5.70. The van der Waals surface area contributed by atoms with Gasteiger partial charge >= 0.3 is 11.9 Å². The Hall–Kier alpha value is -1.06. The van der Waals surface area contributed by atoms with Crippen LogP contribution < -0.4 is 0 Å². The molecule has 0 N–H and O–H groups in total. The van der Waals surface area contributed by atoms with Crippen molar-refractivity contribution in [2.24, 2.45) is 0 Å². The lowest BCUT2D eigenvalue weighted by Gasteiger charge is -2.07. The first-order valence-corrected chi connectivity index (χ1v) is 3.70. The SMILES string of the molecule is [CH2]CC(=O)OCC(=O)OC(C)C. The molecule has 0 saturated heterocycles. The van der Waals surface area contributed by atoms with Crippen LogP contribution in [0.2, 0.25) is 0 Å². The van der Waals surface area contributed by atoms with E-state index in [4.69, 9.17) is 4.74 Å². The first kappa shape index (κ1) is 10.9. The van der Waals surface area contributed by atoms with Gasteiger partial charge in [0.2, 0.25) is 0 Å². The lowest BCUT2D eigenvalue weighted by molar-refractivity contribution is -0.160. The number of ether oxygens (including phenoxy) is 2. The molecule has 0 aromatic heterocycles. The molecule has 0 aromatic carbocycles. The zero-order valence-electron chi connectivity index (χ0n) is 7.33. The normalized spacial score (nSPS) is 9.67. The standard InChI is InChI=1S/C8H13O4/c1-4-7(9)11-5-8(10)12-6(2)3/h6H,1,4-5H2,2-3H3. The maximum atomic E-state index is 10.8. The average Bonchev–Trinajstić information content (AvgIpc) is 1.99. The number of carbonyl (C=O) groups is 2. The van der Waals surface area contributed by atoms with Gasteiger partial charge in [0.25, 0.3) is 0 Å². The fourth-order valence-electron chi connectivity index (χ4n) is 0.509. The van der Waals surface area contributed by atoms with Crippen LogP contribution in [-0.4, -0.2) is 24.6 Å². The first-order chi connectivity index (χ1) is 5.56. The Morgan fingerprint density at radius 3 is 2.33 bits per heavy atom. The number of hydrogen-bond acceptors (Lipinski definition) is 4. The Bertz CT molecular complexity index is 162.